The van der Waals surface area contributed by atoms with E-state index in [2.05, 4.69) is 49.9 Å². The first-order valence-electron chi connectivity index (χ1n) is 26.0. The van der Waals surface area contributed by atoms with Crippen LogP contribution in [0.5, 0.6) is 11.5 Å². The minimum Gasteiger partial charge on any atom is -0.872 e. The van der Waals surface area contributed by atoms with Gasteiger partial charge in [-0.1, -0.05) is 144 Å². The van der Waals surface area contributed by atoms with Gasteiger partial charge in [0.1, 0.15) is 9.79 Å². The van der Waals surface area contributed by atoms with E-state index >= 15 is 0 Å². The summed E-state index contributed by atoms with van der Waals surface area (Å²) in [5.74, 6) is -0.130. The van der Waals surface area contributed by atoms with Gasteiger partial charge in [-0.15, -0.1) is 11.5 Å². The van der Waals surface area contributed by atoms with Crippen molar-refractivity contribution in [3.63, 3.8) is 0 Å². The third kappa shape index (κ3) is 17.0. The van der Waals surface area contributed by atoms with E-state index in [-0.39, 0.29) is 127 Å². The molecule has 8 N–H and O–H groups in total. The number of hydrogen-bond donors (Lipinski definition) is 8. The Morgan fingerprint density at radius 1 is 0.357 bits per heavy atom. The average molecular weight is 1190 g/mol. The first-order chi connectivity index (χ1) is 38.2. The number of rotatable bonds is 10. The summed E-state index contributed by atoms with van der Waals surface area (Å²) in [6, 6.07) is 33.0. The summed E-state index contributed by atoms with van der Waals surface area (Å²) >= 11 is 0. The van der Waals surface area contributed by atoms with Crippen LogP contribution < -0.4 is 103 Å². The third-order valence-corrected chi connectivity index (χ3v) is 14.6. The van der Waals surface area contributed by atoms with E-state index in [0.717, 1.165) is 12.1 Å². The molecular weight excluding hydrogens is 1130 g/mol. The predicted molar refractivity (Wildman–Crippen MR) is 311 cm³/mol. The van der Waals surface area contributed by atoms with Crippen molar-refractivity contribution in [1.29, 1.82) is 0 Å². The van der Waals surface area contributed by atoms with Crippen molar-refractivity contribution in [2.75, 3.05) is 0 Å². The van der Waals surface area contributed by atoms with Crippen molar-refractivity contribution >= 4 is 66.5 Å². The second-order valence-electron chi connectivity index (χ2n) is 23.7. The van der Waals surface area contributed by atoms with Gasteiger partial charge in [-0.3, -0.25) is 39.0 Å². The summed E-state index contributed by atoms with van der Waals surface area (Å²) in [4.78, 5) is 45.6. The molecule has 8 aromatic rings. The van der Waals surface area contributed by atoms with Crippen LogP contribution in [-0.4, -0.2) is 55.8 Å². The molecule has 24 heteroatoms. The third-order valence-electron chi connectivity index (χ3n) is 12.8. The standard InChI is InChI=1S/C60H68N12O8S2.2Na/c1-57(2,3)43-29-41(30-44(49(43)73)58(4,5)6)65-55-69-51(61-37-19-15-13-16-20-37)67-53(71-55)63-39-27-25-35(47(33-39)81(75,76)77)23-24-36-26-28-40(34-48(36)82(78,79)80)64-54-68-52(62-38-21-17-14-18-22-38)70-56(72-54)66-42-31-45(59(7,8)9)50(74)46(32-42)60(10,11)12;;/h13-34,73-74H,1-12H3,(H,75,76,77)(H,78,79,80)(H3,61,63,65,67,69,71)(H3,62,64,66,68,70,72);;/q;2*+1/p-2/b24-23+;;. The van der Waals surface area contributed by atoms with Crippen LogP contribution in [0.1, 0.15) is 116 Å². The van der Waals surface area contributed by atoms with E-state index in [9.17, 15) is 36.2 Å². The molecule has 6 aromatic carbocycles. The van der Waals surface area contributed by atoms with Crippen molar-refractivity contribution in [1.82, 2.24) is 29.9 Å². The maximum absolute atomic E-state index is 13.7. The first kappa shape index (κ1) is 66.4. The van der Waals surface area contributed by atoms with Gasteiger partial charge in [-0.25, -0.2) is 30.0 Å². The zero-order valence-corrected chi connectivity index (χ0v) is 55.2. The number of H-pyrrole nitrogens is 6. The normalized spacial score (nSPS) is 14.1. The number of benzene rings is 6. The van der Waals surface area contributed by atoms with Gasteiger partial charge < -0.3 is 10.2 Å². The number of nitrogens with zero attached hydrogens (tertiary/aromatic N) is 6. The van der Waals surface area contributed by atoms with Crippen LogP contribution in [0.15, 0.2) is 161 Å². The summed E-state index contributed by atoms with van der Waals surface area (Å²) < 4.78 is 73.3. The van der Waals surface area contributed by atoms with Gasteiger partial charge in [0.15, 0.2) is 0 Å². The Bertz CT molecular complexity index is 4120. The number of para-hydroxylation sites is 2. The Morgan fingerprint density at radius 3 is 0.833 bits per heavy atom. The summed E-state index contributed by atoms with van der Waals surface area (Å²) in [6.07, 6.45) is 2.52. The van der Waals surface area contributed by atoms with Crippen molar-refractivity contribution in [3.8, 4) is 11.5 Å². The van der Waals surface area contributed by atoms with Gasteiger partial charge in [0, 0.05) is 0 Å². The number of nitrogens with one attached hydrogen (secondary N) is 6. The molecule has 0 amide bonds. The van der Waals surface area contributed by atoms with Crippen LogP contribution in [0.3, 0.4) is 0 Å². The molecule has 0 unspecified atom stereocenters. The van der Waals surface area contributed by atoms with Crippen molar-refractivity contribution < 1.29 is 95.3 Å². The fourth-order valence-electron chi connectivity index (χ4n) is 8.65. The largest absolute Gasteiger partial charge is 1.00 e. The monoisotopic (exact) mass is 1190 g/mol. The fourth-order valence-corrected chi connectivity index (χ4v) is 10.1. The Hall–Kier alpha value is -6.70. The molecule has 8 rings (SSSR count). The first-order valence-corrected chi connectivity index (χ1v) is 28.9. The molecular formula is C60H66N12Na2O8S2. The van der Waals surface area contributed by atoms with E-state index in [1.54, 1.807) is 48.5 Å². The molecule has 0 saturated carbocycles. The Labute approximate surface area is 531 Å². The smallest absolute Gasteiger partial charge is 0.872 e. The molecule has 0 spiro atoms. The molecule has 20 nitrogen and oxygen atoms in total. The van der Waals surface area contributed by atoms with Gasteiger partial charge in [0.05, 0.1) is 34.1 Å². The maximum atomic E-state index is 13.7. The van der Waals surface area contributed by atoms with Crippen LogP contribution in [0.4, 0.5) is 34.1 Å². The summed E-state index contributed by atoms with van der Waals surface area (Å²) in [6.45, 7) is 23.5. The SMILES string of the molecule is CC(C)(C)c1cc(N=c2[nH]c(=Nc3ccccc3)[nH]c(=Nc3ccc(/C=C/c4ccc(N=c5[nH]c(=Nc6ccccc6)[nH]c(=Nc6cc(C(C)(C)C)c([O-])c(C(C)(C)C)c6)[nH]5)cc4S(=O)(=O)O)c(S(=O)(=O)O)c3)[nH]2)cc(C(C)(C)C)c1[O-].[Na+].[Na+]. The molecule has 428 valence electrons. The minimum absolute atomic E-state index is 0. The van der Waals surface area contributed by atoms with Crippen molar-refractivity contribution in [2.24, 2.45) is 30.0 Å². The Morgan fingerprint density at radius 2 is 0.595 bits per heavy atom. The molecule has 0 bridgehead atoms. The van der Waals surface area contributed by atoms with Gasteiger partial charge in [0.25, 0.3) is 20.2 Å². The molecule has 0 aliphatic rings. The molecule has 0 atom stereocenters. The fraction of sp³-hybridized carbons (Fsp3) is 0.267. The van der Waals surface area contributed by atoms with E-state index in [0.29, 0.717) is 45.0 Å². The number of aromatic nitrogens is 6. The van der Waals surface area contributed by atoms with E-state index < -0.39 is 51.7 Å². The Balaban J connectivity index is 0.00000566. The molecule has 0 aliphatic carbocycles. The van der Waals surface area contributed by atoms with Crippen LogP contribution in [0, 0.1) is 0 Å². The predicted octanol–water partition coefficient (Wildman–Crippen LogP) is 3.06. The number of hydrogen-bond acceptors (Lipinski definition) is 12. The molecule has 0 saturated heterocycles. The van der Waals surface area contributed by atoms with Crippen LogP contribution in [-0.2, 0) is 41.9 Å². The summed E-state index contributed by atoms with van der Waals surface area (Å²) in [5, 5.41) is 27.4. The van der Waals surface area contributed by atoms with Crippen molar-refractivity contribution in [2.45, 2.75) is 115 Å². The zero-order valence-electron chi connectivity index (χ0n) is 49.5. The average Bonchev–Trinajstić information content (AvgIpc) is 1.92. The zero-order chi connectivity index (χ0) is 59.7. The molecule has 0 aliphatic heterocycles. The molecule has 0 radical (unpaired) electrons. The van der Waals surface area contributed by atoms with Crippen molar-refractivity contribution in [3.05, 3.63) is 188 Å². The number of aromatic amines is 6. The molecule has 0 fully saturated rings. The van der Waals surface area contributed by atoms with Crippen LogP contribution >= 0.6 is 0 Å². The van der Waals surface area contributed by atoms with E-state index in [1.165, 1.54) is 36.4 Å². The molecule has 84 heavy (non-hydrogen) atoms. The summed E-state index contributed by atoms with van der Waals surface area (Å²) in [7, 11) is -9.91. The summed E-state index contributed by atoms with van der Waals surface area (Å²) in [5.41, 5.74) is 3.29. The maximum Gasteiger partial charge on any atom is 1.00 e. The topological polar surface area (TPSA) is 324 Å². The van der Waals surface area contributed by atoms with E-state index in [4.69, 9.17) is 9.98 Å². The minimum atomic E-state index is -4.95. The second kappa shape index (κ2) is 25.9. The van der Waals surface area contributed by atoms with Gasteiger partial charge >= 0.3 is 59.1 Å². The quantitative estimate of drug-likeness (QED) is 0.0570. The molecule has 2 aromatic heterocycles. The van der Waals surface area contributed by atoms with Crippen LogP contribution in [0.25, 0.3) is 12.2 Å². The second-order valence-corrected chi connectivity index (χ2v) is 26.4. The molecule has 2 heterocycles. The van der Waals surface area contributed by atoms with Gasteiger partial charge in [-0.2, -0.15) is 16.8 Å². The van der Waals surface area contributed by atoms with Crippen LogP contribution in [0.2, 0.25) is 0 Å². The Kier molecular flexibility index (Phi) is 20.5. The van der Waals surface area contributed by atoms with E-state index in [1.807, 2.05) is 119 Å². The van der Waals surface area contributed by atoms with Gasteiger partial charge in [0.2, 0.25) is 33.7 Å². The van der Waals surface area contributed by atoms with Gasteiger partial charge in [-0.05, 0) is 128 Å².